The SMILES string of the molecule is C[C@H](Nc1ncnc2[nH]cc(C#N)c12)c1cc2cccc(Cl)c2c(=O)n1-c1ccccc1.C[C@H](Nc1ncnc2[nH]cc(C(N)=O)c12)c1cc2cccc(Cl)c2c(=O)n1-c1ccccc1.C[C@H](Nc1ncnc2[nH]cc(Cl)c12)c1cc2cccc(Cl)c2c(=O)n1-c1ccccc1.C[C@H](Nc1ncnc2[nH]cc(F)c12)c1cc2cccc(Cl)c2c(=O)n1-c1ccccc1. The number of carbonyl (C=O) groups is 1. The Hall–Kier alpha value is -15.4. The maximum Gasteiger partial charge on any atom is 0.264 e. The number of hydrogen-bond acceptors (Lipinski definition) is 18. The number of nitrogens with zero attached hydrogens (tertiary/aromatic N) is 13. The lowest BCUT2D eigenvalue weighted by Crippen LogP contribution is -2.26. The van der Waals surface area contributed by atoms with Gasteiger partial charge < -0.3 is 46.9 Å². The molecule has 0 aliphatic rings. The van der Waals surface area contributed by atoms with Crippen LogP contribution >= 0.6 is 58.0 Å². The normalized spacial score (nSPS) is 12.2. The van der Waals surface area contributed by atoms with Gasteiger partial charge in [-0.25, -0.2) is 44.3 Å². The minimum atomic E-state index is -0.590. The first-order valence-electron chi connectivity index (χ1n) is 39.6. The van der Waals surface area contributed by atoms with Crippen LogP contribution in [0.1, 0.15) is 90.6 Å². The van der Waals surface area contributed by atoms with Crippen molar-refractivity contribution in [2.45, 2.75) is 51.9 Å². The smallest absolute Gasteiger partial charge is 0.264 e. The Morgan fingerprint density at radius 2 is 0.638 bits per heavy atom. The molecule has 33 heteroatoms. The van der Waals surface area contributed by atoms with Gasteiger partial charge in [-0.1, -0.05) is 179 Å². The predicted molar refractivity (Wildman–Crippen MR) is 500 cm³/mol. The van der Waals surface area contributed by atoms with Crippen molar-refractivity contribution in [3.63, 3.8) is 0 Å². The fourth-order valence-corrected chi connectivity index (χ4v) is 16.9. The lowest BCUT2D eigenvalue weighted by atomic mass is 10.1. The van der Waals surface area contributed by atoms with Crippen molar-refractivity contribution in [3.05, 3.63) is 375 Å². The highest BCUT2D eigenvalue weighted by Gasteiger charge is 2.27. The molecule has 8 aromatic carbocycles. The van der Waals surface area contributed by atoms with Crippen molar-refractivity contribution in [2.24, 2.45) is 5.73 Å². The Balaban J connectivity index is 0.000000119. The third-order valence-electron chi connectivity index (χ3n) is 21.5. The molecule has 0 bridgehead atoms. The summed E-state index contributed by atoms with van der Waals surface area (Å²) in [5.41, 5.74) is 13.3. The van der Waals surface area contributed by atoms with Crippen LogP contribution in [0.4, 0.5) is 27.7 Å². The summed E-state index contributed by atoms with van der Waals surface area (Å²) < 4.78 is 20.9. The summed E-state index contributed by atoms with van der Waals surface area (Å²) in [6.07, 6.45) is 11.7. The molecule has 0 aliphatic heterocycles. The van der Waals surface area contributed by atoms with Gasteiger partial charge in [0.2, 0.25) is 0 Å². The van der Waals surface area contributed by atoms with Crippen molar-refractivity contribution in [1.29, 1.82) is 5.26 Å². The quantitative estimate of drug-likeness (QED) is 0.0409. The van der Waals surface area contributed by atoms with E-state index in [2.05, 4.69) is 87.1 Å². The molecule has 20 rings (SSSR count). The zero-order chi connectivity index (χ0) is 88.4. The Bertz CT molecular complexity index is 7730. The van der Waals surface area contributed by atoms with Crippen LogP contribution in [0.2, 0.25) is 25.1 Å². The Labute approximate surface area is 744 Å². The van der Waals surface area contributed by atoms with Gasteiger partial charge in [-0.3, -0.25) is 42.2 Å². The average Bonchev–Trinajstić information content (AvgIpc) is 1.39. The van der Waals surface area contributed by atoms with Gasteiger partial charge in [0.1, 0.15) is 77.2 Å². The molecule has 20 aromatic rings. The van der Waals surface area contributed by atoms with Crippen molar-refractivity contribution < 1.29 is 9.18 Å². The van der Waals surface area contributed by atoms with Gasteiger partial charge >= 0.3 is 0 Å². The van der Waals surface area contributed by atoms with Crippen molar-refractivity contribution >= 4 is 174 Å². The second kappa shape index (κ2) is 35.8. The zero-order valence-corrected chi connectivity index (χ0v) is 71.2. The number of aromatic amines is 4. The minimum Gasteiger partial charge on any atom is -0.366 e. The van der Waals surface area contributed by atoms with Gasteiger partial charge in [-0.05, 0) is 146 Å². The van der Waals surface area contributed by atoms with E-state index in [4.69, 9.17) is 63.7 Å². The first-order chi connectivity index (χ1) is 61.6. The number of nitrogens with two attached hydrogens (primary N) is 1. The number of carbonyl (C=O) groups excluding carboxylic acids is 1. The van der Waals surface area contributed by atoms with Gasteiger partial charge in [-0.2, -0.15) is 5.26 Å². The summed E-state index contributed by atoms with van der Waals surface area (Å²) >= 11 is 31.9. The molecule has 0 spiro atoms. The summed E-state index contributed by atoms with van der Waals surface area (Å²) in [7, 11) is 0. The molecule has 0 unspecified atom stereocenters. The van der Waals surface area contributed by atoms with Gasteiger partial charge in [0.25, 0.3) is 28.1 Å². The summed E-state index contributed by atoms with van der Waals surface area (Å²) in [4.78, 5) is 112. The van der Waals surface area contributed by atoms with Gasteiger partial charge in [0, 0.05) is 70.3 Å². The van der Waals surface area contributed by atoms with Crippen molar-refractivity contribution in [2.75, 3.05) is 21.3 Å². The predicted octanol–water partition coefficient (Wildman–Crippen LogP) is 20.1. The molecule has 1 amide bonds. The van der Waals surface area contributed by atoms with E-state index in [-0.39, 0.29) is 57.4 Å². The van der Waals surface area contributed by atoms with E-state index in [0.717, 1.165) is 44.3 Å². The second-order valence-electron chi connectivity index (χ2n) is 29.4. The van der Waals surface area contributed by atoms with Crippen LogP contribution in [0.15, 0.2) is 288 Å². The molecule has 0 fully saturated rings. The fraction of sp³-hybridized carbons (Fsp3) is 0.0851. The highest BCUT2D eigenvalue weighted by molar-refractivity contribution is 6.37. The Morgan fingerprint density at radius 1 is 0.354 bits per heavy atom. The van der Waals surface area contributed by atoms with E-state index in [1.54, 1.807) is 54.9 Å². The topological polar surface area (TPSA) is 369 Å². The van der Waals surface area contributed by atoms with E-state index < -0.39 is 11.7 Å². The van der Waals surface area contributed by atoms with E-state index in [1.807, 2.05) is 222 Å². The molecule has 0 radical (unpaired) electrons. The van der Waals surface area contributed by atoms with Crippen LogP contribution in [0.25, 0.3) is 110 Å². The third kappa shape index (κ3) is 16.3. The average molecular weight is 1780 g/mol. The highest BCUT2D eigenvalue weighted by atomic mass is 35.5. The van der Waals surface area contributed by atoms with Crippen molar-refractivity contribution in [1.82, 2.24) is 78.1 Å². The van der Waals surface area contributed by atoms with Gasteiger partial charge in [-0.15, -0.1) is 0 Å². The number of nitrogens with one attached hydrogen (secondary N) is 8. The van der Waals surface area contributed by atoms with Gasteiger partial charge in [0.15, 0.2) is 5.82 Å². The molecule has 628 valence electrons. The van der Waals surface area contributed by atoms with Crippen LogP contribution < -0.4 is 49.2 Å². The molecule has 12 aromatic heterocycles. The van der Waals surface area contributed by atoms with E-state index in [1.165, 1.54) is 37.7 Å². The number of halogens is 6. The van der Waals surface area contributed by atoms with Gasteiger partial charge in [0.05, 0.1) is 103 Å². The minimum absolute atomic E-state index is 0.175. The largest absolute Gasteiger partial charge is 0.366 e. The summed E-state index contributed by atoms with van der Waals surface area (Å²) in [5, 5.41) is 31.9. The lowest BCUT2D eigenvalue weighted by molar-refractivity contribution is 0.100. The van der Waals surface area contributed by atoms with Crippen LogP contribution in [0.5, 0.6) is 0 Å². The number of para-hydroxylation sites is 4. The van der Waals surface area contributed by atoms with E-state index >= 15 is 0 Å². The maximum atomic E-state index is 14.3. The monoisotopic (exact) mass is 1780 g/mol. The zero-order valence-electron chi connectivity index (χ0n) is 67.4. The number of fused-ring (bicyclic) bond motifs is 8. The number of H-pyrrole nitrogens is 4. The number of nitriles is 1. The molecular formula is C94H70Cl5FN22O5. The number of aromatic nitrogens is 16. The molecule has 12 heterocycles. The number of pyridine rings is 4. The van der Waals surface area contributed by atoms with Crippen LogP contribution in [-0.2, 0) is 0 Å². The molecule has 127 heavy (non-hydrogen) atoms. The number of amides is 1. The van der Waals surface area contributed by atoms with E-state index in [0.29, 0.717) is 137 Å². The lowest BCUT2D eigenvalue weighted by Gasteiger charge is -2.22. The molecule has 27 nitrogen and oxygen atoms in total. The molecule has 0 aliphatic carbocycles. The first kappa shape index (κ1) is 83.9. The fourth-order valence-electron chi connectivity index (χ4n) is 15.6. The van der Waals surface area contributed by atoms with Crippen LogP contribution in [0.3, 0.4) is 0 Å². The standard InChI is InChI=1S/C24H19ClN6O2.C24H17ClN6O.C23H17Cl2N5O.C23H17ClFN5O/c1-13(30-23-20-16(21(26)32)11-27-22(20)28-12-29-23)18-10-14-6-5-9-17(25)19(14)24(33)31(18)15-7-3-2-4-8-15;1-14(30-23-21-16(11-26)12-27-22(21)28-13-29-23)19-10-15-6-5-9-18(25)20(15)24(32)31(19)17-7-3-2-4-8-17;2*1-13(29-22-20-17(25)11-26-21(20)27-12-28-22)18-10-14-6-5-9-16(24)19(14)23(31)30(18)15-7-3-2-4-8-15/h2-13H,1H3,(H2,26,32)(H2,27,28,29,30);2-10,12-14H,1H3,(H2,27,28,29,30);2*2-13H,1H3,(H2,26,27,28,29)/t13-;14-;2*13-/m0000/s1. The summed E-state index contributed by atoms with van der Waals surface area (Å²) in [5.74, 6) is 0.834. The molecule has 4 atom stereocenters. The maximum absolute atomic E-state index is 14.3. The molecule has 10 N–H and O–H groups in total. The van der Waals surface area contributed by atoms with Crippen LogP contribution in [-0.4, -0.2) is 84.0 Å². The molecular weight excluding hydrogens is 1710 g/mol. The molecule has 0 saturated heterocycles. The molecule has 0 saturated carbocycles. The Kier molecular flexibility index (Phi) is 23.7. The summed E-state index contributed by atoms with van der Waals surface area (Å²) in [6.45, 7) is 7.72. The first-order valence-corrected chi connectivity index (χ1v) is 41.5. The van der Waals surface area contributed by atoms with Crippen LogP contribution in [0, 0.1) is 17.1 Å². The number of primary amides is 1. The third-order valence-corrected chi connectivity index (χ3v) is 23.1. The number of hydrogen-bond donors (Lipinski definition) is 9. The Morgan fingerprint density at radius 3 is 0.976 bits per heavy atom. The second-order valence-corrected chi connectivity index (χ2v) is 31.4. The van der Waals surface area contributed by atoms with E-state index in [9.17, 15) is 33.6 Å². The number of rotatable bonds is 17. The number of benzene rings is 8. The van der Waals surface area contributed by atoms with Crippen molar-refractivity contribution in [3.8, 4) is 28.8 Å². The highest BCUT2D eigenvalue weighted by Crippen LogP contribution is 2.37. The number of anilines is 4. The summed E-state index contributed by atoms with van der Waals surface area (Å²) in [6, 6.07) is 67.8.